The molecular formula is C11H17NO7. The van der Waals surface area contributed by atoms with E-state index in [4.69, 9.17) is 10.2 Å². The zero-order valence-electron chi connectivity index (χ0n) is 10.9. The molecule has 0 spiro atoms. The summed E-state index contributed by atoms with van der Waals surface area (Å²) in [6.07, 6.45) is -3.01. The molecule has 108 valence electrons. The van der Waals surface area contributed by atoms with Crippen molar-refractivity contribution in [3.8, 4) is 0 Å². The number of carbonyl (C=O) groups excluding carboxylic acids is 3. The fourth-order valence-electron chi connectivity index (χ4n) is 0.987. The lowest BCUT2D eigenvalue weighted by atomic mass is 10.2. The summed E-state index contributed by atoms with van der Waals surface area (Å²) < 4.78 is 4.67. The Morgan fingerprint density at radius 1 is 1.21 bits per heavy atom. The van der Waals surface area contributed by atoms with Crippen LogP contribution in [0.15, 0.2) is 0 Å². The average molecular weight is 275 g/mol. The third kappa shape index (κ3) is 6.51. The summed E-state index contributed by atoms with van der Waals surface area (Å²) in [4.78, 5) is 44.2. The third-order valence-electron chi connectivity index (χ3n) is 2.25. The van der Waals surface area contributed by atoms with E-state index in [-0.39, 0.29) is 5.78 Å². The van der Waals surface area contributed by atoms with Crippen LogP contribution in [0.2, 0.25) is 0 Å². The van der Waals surface area contributed by atoms with Gasteiger partial charge in [-0.15, -0.1) is 0 Å². The quantitative estimate of drug-likeness (QED) is 0.500. The van der Waals surface area contributed by atoms with Gasteiger partial charge in [-0.2, -0.15) is 0 Å². The lowest BCUT2D eigenvalue weighted by Crippen LogP contribution is -2.46. The second-order valence-corrected chi connectivity index (χ2v) is 4.02. The highest BCUT2D eigenvalue weighted by Gasteiger charge is 2.26. The van der Waals surface area contributed by atoms with Crippen LogP contribution in [0.3, 0.4) is 0 Å². The molecule has 0 fully saturated rings. The van der Waals surface area contributed by atoms with E-state index in [0.29, 0.717) is 0 Å². The Kier molecular flexibility index (Phi) is 6.70. The van der Waals surface area contributed by atoms with Crippen molar-refractivity contribution >= 4 is 23.6 Å². The number of carboxylic acid groups (broad SMARTS) is 1. The van der Waals surface area contributed by atoms with Gasteiger partial charge in [-0.3, -0.25) is 14.4 Å². The Hall–Kier alpha value is -1.96. The fraction of sp³-hybridized carbons (Fsp3) is 0.636. The van der Waals surface area contributed by atoms with E-state index >= 15 is 0 Å². The molecule has 0 radical (unpaired) electrons. The molecule has 8 nitrogen and oxygen atoms in total. The summed E-state index contributed by atoms with van der Waals surface area (Å²) in [7, 11) is 0. The molecule has 19 heavy (non-hydrogen) atoms. The summed E-state index contributed by atoms with van der Waals surface area (Å²) in [6, 6.07) is -1.52. The summed E-state index contributed by atoms with van der Waals surface area (Å²) in [5.74, 6) is -3.67. The van der Waals surface area contributed by atoms with Gasteiger partial charge in [0, 0.05) is 0 Å². The number of carbonyl (C=O) groups is 4. The molecule has 8 heteroatoms. The molecule has 0 aromatic heterocycles. The topological polar surface area (TPSA) is 130 Å². The van der Waals surface area contributed by atoms with Crippen LogP contribution >= 0.6 is 0 Å². The van der Waals surface area contributed by atoms with Gasteiger partial charge >= 0.3 is 11.9 Å². The Morgan fingerprint density at radius 3 is 2.11 bits per heavy atom. The van der Waals surface area contributed by atoms with Gasteiger partial charge < -0.3 is 20.3 Å². The molecule has 0 heterocycles. The van der Waals surface area contributed by atoms with E-state index < -0.39 is 42.5 Å². The molecular weight excluding hydrogens is 258 g/mol. The normalized spacial score (nSPS) is 14.9. The molecule has 0 bridgehead atoms. The predicted octanol–water partition coefficient (Wildman–Crippen LogP) is -1.15. The van der Waals surface area contributed by atoms with Crippen molar-refractivity contribution < 1.29 is 34.1 Å². The van der Waals surface area contributed by atoms with Gasteiger partial charge in [0.1, 0.15) is 12.1 Å². The Morgan fingerprint density at radius 2 is 1.74 bits per heavy atom. The first-order valence-electron chi connectivity index (χ1n) is 5.56. The number of ether oxygens (including phenoxy) is 1. The van der Waals surface area contributed by atoms with E-state index in [2.05, 4.69) is 4.74 Å². The van der Waals surface area contributed by atoms with Crippen LogP contribution in [-0.2, 0) is 23.9 Å². The van der Waals surface area contributed by atoms with Crippen molar-refractivity contribution in [1.29, 1.82) is 0 Å². The zero-order valence-corrected chi connectivity index (χ0v) is 10.9. The number of aliphatic hydroxyl groups excluding tert-OH is 1. The number of ketones is 1. The average Bonchev–Trinajstić information content (AvgIpc) is 2.27. The molecule has 3 N–H and O–H groups in total. The van der Waals surface area contributed by atoms with Gasteiger partial charge in [0.25, 0.3) is 0 Å². The second kappa shape index (κ2) is 7.47. The molecule has 3 atom stereocenters. The van der Waals surface area contributed by atoms with Crippen LogP contribution in [-0.4, -0.2) is 52.1 Å². The SMILES string of the molecule is CC(=O)[C@H](C)OC(=O)C[C@H](NC(=O)[C@H](C)O)C(=O)O. The van der Waals surface area contributed by atoms with Gasteiger partial charge in [-0.1, -0.05) is 0 Å². The molecule has 0 saturated carbocycles. The van der Waals surface area contributed by atoms with E-state index in [0.717, 1.165) is 6.92 Å². The molecule has 0 saturated heterocycles. The lowest BCUT2D eigenvalue weighted by Gasteiger charge is -2.16. The molecule has 0 aliphatic carbocycles. The highest BCUT2D eigenvalue weighted by molar-refractivity contribution is 5.89. The maximum Gasteiger partial charge on any atom is 0.326 e. The van der Waals surface area contributed by atoms with Crippen LogP contribution in [0.25, 0.3) is 0 Å². The van der Waals surface area contributed by atoms with Gasteiger partial charge in [-0.25, -0.2) is 4.79 Å². The van der Waals surface area contributed by atoms with E-state index in [1.54, 1.807) is 0 Å². The zero-order chi connectivity index (χ0) is 15.2. The van der Waals surface area contributed by atoms with Crippen LogP contribution in [0.4, 0.5) is 0 Å². The van der Waals surface area contributed by atoms with E-state index in [1.807, 2.05) is 5.32 Å². The van der Waals surface area contributed by atoms with Crippen LogP contribution in [0.5, 0.6) is 0 Å². The second-order valence-electron chi connectivity index (χ2n) is 4.02. The Balaban J connectivity index is 4.51. The number of Topliss-reactive ketones (excluding diaryl/α,β-unsaturated/α-hetero) is 1. The monoisotopic (exact) mass is 275 g/mol. The first-order chi connectivity index (χ1) is 8.65. The number of rotatable bonds is 7. The minimum atomic E-state index is -1.52. The van der Waals surface area contributed by atoms with Gasteiger partial charge in [0.05, 0.1) is 6.42 Å². The molecule has 0 rings (SSSR count). The number of aliphatic carboxylic acids is 1. The summed E-state index contributed by atoms with van der Waals surface area (Å²) in [5, 5.41) is 19.7. The molecule has 0 aromatic rings. The molecule has 0 aliphatic heterocycles. The van der Waals surface area contributed by atoms with Gasteiger partial charge in [0.15, 0.2) is 11.9 Å². The third-order valence-corrected chi connectivity index (χ3v) is 2.25. The number of amides is 1. The maximum absolute atomic E-state index is 11.4. The maximum atomic E-state index is 11.4. The summed E-state index contributed by atoms with van der Waals surface area (Å²) in [5.41, 5.74) is 0. The van der Waals surface area contributed by atoms with Crippen molar-refractivity contribution in [2.75, 3.05) is 0 Å². The highest BCUT2D eigenvalue weighted by atomic mass is 16.5. The van der Waals surface area contributed by atoms with Crippen molar-refractivity contribution in [3.63, 3.8) is 0 Å². The van der Waals surface area contributed by atoms with E-state index in [9.17, 15) is 19.2 Å². The fourth-order valence-corrected chi connectivity index (χ4v) is 0.987. The van der Waals surface area contributed by atoms with Crippen LogP contribution < -0.4 is 5.32 Å². The number of nitrogens with one attached hydrogen (secondary N) is 1. The lowest BCUT2D eigenvalue weighted by molar-refractivity contribution is -0.156. The number of carboxylic acids is 1. The van der Waals surface area contributed by atoms with Crippen molar-refractivity contribution in [2.45, 2.75) is 45.4 Å². The number of esters is 1. The summed E-state index contributed by atoms with van der Waals surface area (Å²) in [6.45, 7) is 3.73. The largest absolute Gasteiger partial charge is 0.480 e. The molecule has 0 unspecified atom stereocenters. The number of hydrogen-bond acceptors (Lipinski definition) is 6. The van der Waals surface area contributed by atoms with Gasteiger partial charge in [0.2, 0.25) is 5.91 Å². The first-order valence-corrected chi connectivity index (χ1v) is 5.56. The van der Waals surface area contributed by atoms with Crippen LogP contribution in [0, 0.1) is 0 Å². The predicted molar refractivity (Wildman–Crippen MR) is 62.1 cm³/mol. The Labute approximate surface area is 109 Å². The number of hydrogen-bond donors (Lipinski definition) is 3. The van der Waals surface area contributed by atoms with Crippen molar-refractivity contribution in [3.05, 3.63) is 0 Å². The minimum Gasteiger partial charge on any atom is -0.480 e. The Bertz CT molecular complexity index is 377. The standard InChI is InChI=1S/C11H17NO7/c1-5(13)7(3)19-9(15)4-8(11(17)18)12-10(16)6(2)14/h6-8,14H,4H2,1-3H3,(H,12,16)(H,17,18)/t6-,7-,8-/m0/s1. The van der Waals surface area contributed by atoms with Gasteiger partial charge in [-0.05, 0) is 20.8 Å². The first kappa shape index (κ1) is 17.0. The van der Waals surface area contributed by atoms with Crippen molar-refractivity contribution in [2.24, 2.45) is 0 Å². The van der Waals surface area contributed by atoms with E-state index in [1.165, 1.54) is 13.8 Å². The molecule has 0 aromatic carbocycles. The van der Waals surface area contributed by atoms with Crippen molar-refractivity contribution in [1.82, 2.24) is 5.32 Å². The number of aliphatic hydroxyl groups is 1. The summed E-state index contributed by atoms with van der Waals surface area (Å²) >= 11 is 0. The smallest absolute Gasteiger partial charge is 0.326 e. The van der Waals surface area contributed by atoms with Crippen LogP contribution in [0.1, 0.15) is 27.2 Å². The minimum absolute atomic E-state index is 0.381. The molecule has 0 aliphatic rings. The highest BCUT2D eigenvalue weighted by Crippen LogP contribution is 2.01. The molecule has 1 amide bonds.